The van der Waals surface area contributed by atoms with Gasteiger partial charge in [-0.3, -0.25) is 4.68 Å². The number of hydrogen-bond acceptors (Lipinski definition) is 2. The van der Waals surface area contributed by atoms with Gasteiger partial charge in [0.2, 0.25) is 0 Å². The SMILES string of the molecule is CCCNC(Cc1cccc(F)c1)c1c(Cl)cnn1CC. The van der Waals surface area contributed by atoms with Gasteiger partial charge in [-0.05, 0) is 44.0 Å². The smallest absolute Gasteiger partial charge is 0.123 e. The molecular weight excluding hydrogens is 289 g/mol. The second-order valence-electron chi connectivity index (χ2n) is 5.03. The molecule has 0 bridgehead atoms. The Morgan fingerprint density at radius 2 is 2.19 bits per heavy atom. The van der Waals surface area contributed by atoms with Crippen LogP contribution in [-0.4, -0.2) is 16.3 Å². The summed E-state index contributed by atoms with van der Waals surface area (Å²) in [5.74, 6) is -0.211. The summed E-state index contributed by atoms with van der Waals surface area (Å²) in [6.45, 7) is 5.79. The average Bonchev–Trinajstić information content (AvgIpc) is 2.84. The Hall–Kier alpha value is -1.39. The van der Waals surface area contributed by atoms with Crippen LogP contribution in [0.3, 0.4) is 0 Å². The Morgan fingerprint density at radius 3 is 2.86 bits per heavy atom. The normalized spacial score (nSPS) is 12.6. The first-order chi connectivity index (χ1) is 10.2. The molecule has 1 heterocycles. The summed E-state index contributed by atoms with van der Waals surface area (Å²) in [4.78, 5) is 0. The molecule has 5 heteroatoms. The third-order valence-corrected chi connectivity index (χ3v) is 3.72. The quantitative estimate of drug-likeness (QED) is 0.838. The highest BCUT2D eigenvalue weighted by molar-refractivity contribution is 6.31. The van der Waals surface area contributed by atoms with Gasteiger partial charge < -0.3 is 5.32 Å². The molecule has 0 aliphatic carbocycles. The molecule has 0 spiro atoms. The number of hydrogen-bond donors (Lipinski definition) is 1. The second kappa shape index (κ2) is 7.57. The van der Waals surface area contributed by atoms with Crippen LogP contribution in [-0.2, 0) is 13.0 Å². The first kappa shape index (κ1) is 16.0. The molecule has 0 saturated heterocycles. The predicted molar refractivity (Wildman–Crippen MR) is 84.0 cm³/mol. The molecule has 0 fully saturated rings. The maximum Gasteiger partial charge on any atom is 0.123 e. The van der Waals surface area contributed by atoms with Crippen molar-refractivity contribution in [3.05, 3.63) is 52.6 Å². The minimum absolute atomic E-state index is 0.0294. The van der Waals surface area contributed by atoms with Crippen LogP contribution >= 0.6 is 11.6 Å². The number of aromatic nitrogens is 2. The van der Waals surface area contributed by atoms with Crippen molar-refractivity contribution in [1.29, 1.82) is 0 Å². The molecule has 0 amide bonds. The molecular formula is C16H21ClFN3. The van der Waals surface area contributed by atoms with E-state index >= 15 is 0 Å². The van der Waals surface area contributed by atoms with E-state index in [4.69, 9.17) is 11.6 Å². The van der Waals surface area contributed by atoms with Gasteiger partial charge in [0.25, 0.3) is 0 Å². The third kappa shape index (κ3) is 4.05. The molecule has 21 heavy (non-hydrogen) atoms. The molecule has 0 radical (unpaired) electrons. The fourth-order valence-corrected chi connectivity index (χ4v) is 2.73. The lowest BCUT2D eigenvalue weighted by Crippen LogP contribution is -2.27. The van der Waals surface area contributed by atoms with E-state index in [1.807, 2.05) is 17.7 Å². The van der Waals surface area contributed by atoms with Crippen LogP contribution < -0.4 is 5.32 Å². The number of benzene rings is 1. The molecule has 0 saturated carbocycles. The van der Waals surface area contributed by atoms with Crippen molar-refractivity contribution < 1.29 is 4.39 Å². The number of nitrogens with one attached hydrogen (secondary N) is 1. The van der Waals surface area contributed by atoms with Crippen LogP contribution in [0, 0.1) is 5.82 Å². The molecule has 2 aromatic rings. The number of aryl methyl sites for hydroxylation is 1. The molecule has 1 unspecified atom stereocenters. The molecule has 114 valence electrons. The van der Waals surface area contributed by atoms with Gasteiger partial charge in [-0.25, -0.2) is 4.39 Å². The molecule has 1 atom stereocenters. The van der Waals surface area contributed by atoms with Gasteiger partial charge in [-0.1, -0.05) is 30.7 Å². The van der Waals surface area contributed by atoms with Crippen LogP contribution in [0.5, 0.6) is 0 Å². The van der Waals surface area contributed by atoms with E-state index in [0.717, 1.165) is 30.8 Å². The average molecular weight is 310 g/mol. The minimum atomic E-state index is -0.211. The van der Waals surface area contributed by atoms with E-state index in [0.29, 0.717) is 11.4 Å². The maximum atomic E-state index is 13.4. The van der Waals surface area contributed by atoms with Crippen molar-refractivity contribution in [3.63, 3.8) is 0 Å². The van der Waals surface area contributed by atoms with Crippen molar-refractivity contribution in [3.8, 4) is 0 Å². The fourth-order valence-electron chi connectivity index (χ4n) is 2.45. The lowest BCUT2D eigenvalue weighted by molar-refractivity contribution is 0.478. The van der Waals surface area contributed by atoms with Crippen molar-refractivity contribution in [1.82, 2.24) is 15.1 Å². The molecule has 1 N–H and O–H groups in total. The van der Waals surface area contributed by atoms with Crippen LogP contribution in [0.15, 0.2) is 30.5 Å². The Labute approximate surface area is 130 Å². The molecule has 1 aromatic heterocycles. The van der Waals surface area contributed by atoms with E-state index < -0.39 is 0 Å². The molecule has 0 aliphatic rings. The van der Waals surface area contributed by atoms with Gasteiger partial charge >= 0.3 is 0 Å². The van der Waals surface area contributed by atoms with E-state index in [1.165, 1.54) is 6.07 Å². The van der Waals surface area contributed by atoms with Gasteiger partial charge in [0.05, 0.1) is 23.0 Å². The fraction of sp³-hybridized carbons (Fsp3) is 0.438. The van der Waals surface area contributed by atoms with Crippen molar-refractivity contribution in [2.45, 2.75) is 39.3 Å². The summed E-state index contributed by atoms with van der Waals surface area (Å²) < 4.78 is 15.3. The third-order valence-electron chi connectivity index (χ3n) is 3.43. The van der Waals surface area contributed by atoms with E-state index in [1.54, 1.807) is 18.3 Å². The summed E-state index contributed by atoms with van der Waals surface area (Å²) in [5.41, 5.74) is 1.92. The van der Waals surface area contributed by atoms with E-state index in [9.17, 15) is 4.39 Å². The van der Waals surface area contributed by atoms with E-state index in [-0.39, 0.29) is 11.9 Å². The number of rotatable bonds is 7. The second-order valence-corrected chi connectivity index (χ2v) is 5.44. The van der Waals surface area contributed by atoms with Gasteiger partial charge in [0, 0.05) is 6.54 Å². The van der Waals surface area contributed by atoms with Gasteiger partial charge in [-0.15, -0.1) is 0 Å². The zero-order valence-corrected chi connectivity index (χ0v) is 13.2. The summed E-state index contributed by atoms with van der Waals surface area (Å²) in [6, 6.07) is 6.73. The highest BCUT2D eigenvalue weighted by Gasteiger charge is 2.20. The molecule has 0 aliphatic heterocycles. The maximum absolute atomic E-state index is 13.4. The predicted octanol–water partition coefficient (Wildman–Crippen LogP) is 3.98. The summed E-state index contributed by atoms with van der Waals surface area (Å²) >= 11 is 6.30. The lowest BCUT2D eigenvalue weighted by atomic mass is 10.0. The van der Waals surface area contributed by atoms with Gasteiger partial charge in [0.15, 0.2) is 0 Å². The lowest BCUT2D eigenvalue weighted by Gasteiger charge is -2.20. The number of halogens is 2. The highest BCUT2D eigenvalue weighted by atomic mass is 35.5. The number of nitrogens with zero attached hydrogens (tertiary/aromatic N) is 2. The zero-order valence-electron chi connectivity index (χ0n) is 12.4. The Kier molecular flexibility index (Phi) is 5.76. The summed E-state index contributed by atoms with van der Waals surface area (Å²) in [5, 5.41) is 8.44. The van der Waals surface area contributed by atoms with Crippen molar-refractivity contribution >= 4 is 11.6 Å². The Balaban J connectivity index is 2.27. The summed E-state index contributed by atoms with van der Waals surface area (Å²) in [7, 11) is 0. The summed E-state index contributed by atoms with van der Waals surface area (Å²) in [6.07, 6.45) is 3.38. The topological polar surface area (TPSA) is 29.9 Å². The van der Waals surface area contributed by atoms with Crippen LogP contribution in [0.1, 0.15) is 37.6 Å². The van der Waals surface area contributed by atoms with Crippen molar-refractivity contribution in [2.75, 3.05) is 6.54 Å². The molecule has 3 nitrogen and oxygen atoms in total. The highest BCUT2D eigenvalue weighted by Crippen LogP contribution is 2.26. The van der Waals surface area contributed by atoms with Gasteiger partial charge in [0.1, 0.15) is 5.82 Å². The first-order valence-corrected chi connectivity index (χ1v) is 7.72. The van der Waals surface area contributed by atoms with E-state index in [2.05, 4.69) is 17.3 Å². The molecule has 2 rings (SSSR count). The first-order valence-electron chi connectivity index (χ1n) is 7.34. The largest absolute Gasteiger partial charge is 0.308 e. The molecule has 1 aromatic carbocycles. The van der Waals surface area contributed by atoms with Crippen LogP contribution in [0.4, 0.5) is 4.39 Å². The van der Waals surface area contributed by atoms with Crippen LogP contribution in [0.25, 0.3) is 0 Å². The monoisotopic (exact) mass is 309 g/mol. The Morgan fingerprint density at radius 1 is 1.38 bits per heavy atom. The Bertz CT molecular complexity index is 583. The standard InChI is InChI=1S/C16H21ClFN3/c1-3-8-19-15(10-12-6-5-7-13(18)9-12)16-14(17)11-20-21(16)4-2/h5-7,9,11,15,19H,3-4,8,10H2,1-2H3. The van der Waals surface area contributed by atoms with Gasteiger partial charge in [-0.2, -0.15) is 5.10 Å². The minimum Gasteiger partial charge on any atom is -0.308 e. The van der Waals surface area contributed by atoms with Crippen LogP contribution in [0.2, 0.25) is 5.02 Å². The van der Waals surface area contributed by atoms with Crippen molar-refractivity contribution in [2.24, 2.45) is 0 Å². The zero-order chi connectivity index (χ0) is 15.2.